The molecule has 11 heteroatoms. The van der Waals surface area contributed by atoms with Gasteiger partial charge in [0.1, 0.15) is 11.3 Å². The van der Waals surface area contributed by atoms with Crippen LogP contribution >= 0.6 is 0 Å². The molecule has 1 aromatic carbocycles. The van der Waals surface area contributed by atoms with Crippen molar-refractivity contribution in [2.45, 2.75) is 0 Å². The summed E-state index contributed by atoms with van der Waals surface area (Å²) < 4.78 is 6.20. The van der Waals surface area contributed by atoms with Gasteiger partial charge in [-0.2, -0.15) is 0 Å². The van der Waals surface area contributed by atoms with Crippen LogP contribution in [0.2, 0.25) is 0 Å². The molecule has 1 amide bonds. The lowest BCUT2D eigenvalue weighted by Crippen LogP contribution is -2.50. The zero-order chi connectivity index (χ0) is 25.1. The van der Waals surface area contributed by atoms with Crippen LogP contribution in [0.3, 0.4) is 0 Å². The van der Waals surface area contributed by atoms with Crippen molar-refractivity contribution in [1.29, 1.82) is 0 Å². The maximum Gasteiger partial charge on any atom is 0.333 e. The number of amides is 1. The first-order valence-electron chi connectivity index (χ1n) is 11.3. The number of carbonyl (C=O) groups excluding carboxylic acids is 1. The van der Waals surface area contributed by atoms with E-state index in [1.54, 1.807) is 41.6 Å². The number of hydrogen-bond acceptors (Lipinski definition) is 8. The van der Waals surface area contributed by atoms with Crippen molar-refractivity contribution in [2.75, 3.05) is 38.2 Å². The molecule has 0 unspecified atom stereocenters. The van der Waals surface area contributed by atoms with E-state index in [-0.39, 0.29) is 11.3 Å². The fourth-order valence-corrected chi connectivity index (χ4v) is 4.13. The molecule has 182 valence electrons. The van der Waals surface area contributed by atoms with Gasteiger partial charge in [0.25, 0.3) is 11.5 Å². The van der Waals surface area contributed by atoms with Crippen molar-refractivity contribution >= 4 is 11.7 Å². The van der Waals surface area contributed by atoms with Crippen LogP contribution in [0, 0.1) is 0 Å². The summed E-state index contributed by atoms with van der Waals surface area (Å²) in [6.07, 6.45) is 4.60. The Morgan fingerprint density at radius 3 is 2.47 bits per heavy atom. The highest BCUT2D eigenvalue weighted by molar-refractivity contribution is 5.93. The van der Waals surface area contributed by atoms with Gasteiger partial charge in [0.2, 0.25) is 0 Å². The van der Waals surface area contributed by atoms with Crippen LogP contribution in [0.15, 0.2) is 76.7 Å². The predicted molar refractivity (Wildman–Crippen MR) is 133 cm³/mol. The number of para-hydroxylation sites is 2. The second kappa shape index (κ2) is 9.82. The smallest absolute Gasteiger partial charge is 0.333 e. The highest BCUT2D eigenvalue weighted by atomic mass is 16.5. The van der Waals surface area contributed by atoms with E-state index < -0.39 is 17.2 Å². The molecule has 0 radical (unpaired) electrons. The van der Waals surface area contributed by atoms with E-state index >= 15 is 0 Å². The van der Waals surface area contributed by atoms with Crippen molar-refractivity contribution in [1.82, 2.24) is 29.6 Å². The van der Waals surface area contributed by atoms with Gasteiger partial charge in [-0.1, -0.05) is 12.1 Å². The monoisotopic (exact) mass is 485 g/mol. The summed E-state index contributed by atoms with van der Waals surface area (Å²) in [6.45, 7) is 1.82. The van der Waals surface area contributed by atoms with Gasteiger partial charge in [0.15, 0.2) is 5.82 Å². The molecule has 0 saturated carbocycles. The Labute approximate surface area is 205 Å². The summed E-state index contributed by atoms with van der Waals surface area (Å²) in [5.41, 5.74) is 0.400. The number of aromatic amines is 1. The molecular formula is C25H23N7O4. The molecule has 0 spiro atoms. The number of methoxy groups -OCH3 is 1. The molecule has 1 N–H and O–H groups in total. The van der Waals surface area contributed by atoms with Crippen molar-refractivity contribution < 1.29 is 9.53 Å². The molecule has 1 fully saturated rings. The van der Waals surface area contributed by atoms with Gasteiger partial charge in [0, 0.05) is 50.3 Å². The van der Waals surface area contributed by atoms with E-state index in [9.17, 15) is 14.4 Å². The Bertz CT molecular complexity index is 1490. The third kappa shape index (κ3) is 4.33. The minimum atomic E-state index is -0.701. The van der Waals surface area contributed by atoms with Gasteiger partial charge in [0.05, 0.1) is 18.5 Å². The Balaban J connectivity index is 1.32. The van der Waals surface area contributed by atoms with Crippen LogP contribution in [0.1, 0.15) is 10.4 Å². The fourth-order valence-electron chi connectivity index (χ4n) is 4.13. The normalized spacial score (nSPS) is 13.5. The number of benzene rings is 1. The Hall–Kier alpha value is -4.80. The number of nitrogens with one attached hydrogen (secondary N) is 1. The molecule has 1 saturated heterocycles. The van der Waals surface area contributed by atoms with E-state index in [1.165, 1.54) is 13.3 Å². The number of ether oxygens (including phenoxy) is 1. The first-order chi connectivity index (χ1) is 17.6. The van der Waals surface area contributed by atoms with Crippen molar-refractivity contribution in [3.05, 3.63) is 93.5 Å². The lowest BCUT2D eigenvalue weighted by Gasteiger charge is -2.35. The molecular weight excluding hydrogens is 462 g/mol. The molecule has 0 atom stereocenters. The molecule has 1 aliphatic rings. The molecule has 0 bridgehead atoms. The highest BCUT2D eigenvalue weighted by Crippen LogP contribution is 2.20. The molecule has 0 aliphatic carbocycles. The van der Waals surface area contributed by atoms with E-state index in [4.69, 9.17) is 4.74 Å². The first kappa shape index (κ1) is 23.0. The summed E-state index contributed by atoms with van der Waals surface area (Å²) in [7, 11) is 1.45. The third-order valence-electron chi connectivity index (χ3n) is 6.03. The SMILES string of the molecule is COc1ccccc1-n1c(=O)[nH]cc(C(=O)N2CCN(c3ccc(-c4cccnc4)nn3)CC2)c1=O. The summed E-state index contributed by atoms with van der Waals surface area (Å²) in [4.78, 5) is 49.1. The minimum Gasteiger partial charge on any atom is -0.495 e. The molecule has 5 rings (SSSR count). The summed E-state index contributed by atoms with van der Waals surface area (Å²) >= 11 is 0. The average Bonchev–Trinajstić information content (AvgIpc) is 2.94. The van der Waals surface area contributed by atoms with Gasteiger partial charge in [-0.25, -0.2) is 9.36 Å². The van der Waals surface area contributed by atoms with Crippen molar-refractivity contribution in [3.8, 4) is 22.7 Å². The number of nitrogens with zero attached hydrogens (tertiary/aromatic N) is 6. The van der Waals surface area contributed by atoms with Crippen LogP contribution in [0.4, 0.5) is 5.82 Å². The lowest BCUT2D eigenvalue weighted by molar-refractivity contribution is 0.0743. The Kier molecular flexibility index (Phi) is 6.27. The summed E-state index contributed by atoms with van der Waals surface area (Å²) in [5, 5.41) is 8.63. The number of anilines is 1. The maximum absolute atomic E-state index is 13.2. The lowest BCUT2D eigenvalue weighted by atomic mass is 10.2. The molecule has 4 heterocycles. The van der Waals surface area contributed by atoms with Gasteiger partial charge in [-0.15, -0.1) is 10.2 Å². The number of H-pyrrole nitrogens is 1. The van der Waals surface area contributed by atoms with Crippen LogP contribution < -0.4 is 20.9 Å². The molecule has 3 aromatic heterocycles. The molecule has 1 aliphatic heterocycles. The van der Waals surface area contributed by atoms with Crippen molar-refractivity contribution in [2.24, 2.45) is 0 Å². The van der Waals surface area contributed by atoms with E-state index in [0.29, 0.717) is 37.7 Å². The third-order valence-corrected chi connectivity index (χ3v) is 6.03. The number of rotatable bonds is 5. The van der Waals surface area contributed by atoms with E-state index in [2.05, 4.69) is 20.2 Å². The van der Waals surface area contributed by atoms with E-state index in [1.807, 2.05) is 29.2 Å². The largest absolute Gasteiger partial charge is 0.495 e. The molecule has 11 nitrogen and oxygen atoms in total. The van der Waals surface area contributed by atoms with Crippen LogP contribution in [0.5, 0.6) is 5.75 Å². The van der Waals surface area contributed by atoms with Gasteiger partial charge in [-0.05, 0) is 36.4 Å². The van der Waals surface area contributed by atoms with Gasteiger partial charge < -0.3 is 19.5 Å². The number of pyridine rings is 1. The van der Waals surface area contributed by atoms with Crippen molar-refractivity contribution in [3.63, 3.8) is 0 Å². The van der Waals surface area contributed by atoms with Crippen LogP contribution in [-0.4, -0.2) is 68.8 Å². The minimum absolute atomic E-state index is 0.116. The quantitative estimate of drug-likeness (QED) is 0.449. The summed E-state index contributed by atoms with van der Waals surface area (Å²) in [6, 6.07) is 14.2. The number of aromatic nitrogens is 5. The topological polar surface area (TPSA) is 126 Å². The zero-order valence-electron chi connectivity index (χ0n) is 19.5. The van der Waals surface area contributed by atoms with E-state index in [0.717, 1.165) is 15.8 Å². The molecule has 36 heavy (non-hydrogen) atoms. The first-order valence-corrected chi connectivity index (χ1v) is 11.3. The second-order valence-corrected chi connectivity index (χ2v) is 8.12. The average molecular weight is 486 g/mol. The predicted octanol–water partition coefficient (Wildman–Crippen LogP) is 1.35. The summed E-state index contributed by atoms with van der Waals surface area (Å²) in [5.74, 6) is 0.605. The Morgan fingerprint density at radius 2 is 1.78 bits per heavy atom. The van der Waals surface area contributed by atoms with Crippen LogP contribution in [0.25, 0.3) is 16.9 Å². The second-order valence-electron chi connectivity index (χ2n) is 8.12. The zero-order valence-corrected chi connectivity index (χ0v) is 19.5. The molecule has 4 aromatic rings. The van der Waals surface area contributed by atoms with Crippen LogP contribution in [-0.2, 0) is 0 Å². The number of piperazine rings is 1. The fraction of sp³-hybridized carbons (Fsp3) is 0.200. The highest BCUT2D eigenvalue weighted by Gasteiger charge is 2.26. The number of carbonyl (C=O) groups is 1. The standard InChI is InChI=1S/C25H23N7O4/c1-36-21-7-3-2-6-20(21)32-24(34)18(16-27-25(32)35)23(33)31-13-11-30(12-14-31)22-9-8-19(28-29-22)17-5-4-10-26-15-17/h2-10,15-16H,11-14H2,1H3,(H,27,35). The Morgan fingerprint density at radius 1 is 0.972 bits per heavy atom. The van der Waals surface area contributed by atoms with Gasteiger partial charge >= 0.3 is 5.69 Å². The number of hydrogen-bond donors (Lipinski definition) is 1. The maximum atomic E-state index is 13.2. The van der Waals surface area contributed by atoms with Gasteiger partial charge in [-0.3, -0.25) is 14.6 Å².